The Kier molecular flexibility index (Phi) is 5.44. The molecule has 0 bridgehead atoms. The number of anilines is 1. The van der Waals surface area contributed by atoms with Gasteiger partial charge in [0.05, 0.1) is 5.56 Å². The van der Waals surface area contributed by atoms with Gasteiger partial charge in [-0.1, -0.05) is 68.1 Å². The fourth-order valence-corrected chi connectivity index (χ4v) is 5.52. The van der Waals surface area contributed by atoms with Crippen molar-refractivity contribution in [1.29, 1.82) is 0 Å². The maximum Gasteiger partial charge on any atom is 0.257 e. The molecule has 5 rings (SSSR count). The van der Waals surface area contributed by atoms with E-state index in [4.69, 9.17) is 4.98 Å². The number of ketones is 1. The average Bonchev–Trinajstić information content (AvgIpc) is 2.76. The third kappa shape index (κ3) is 4.25. The Labute approximate surface area is 195 Å². The molecule has 0 radical (unpaired) electrons. The van der Waals surface area contributed by atoms with E-state index in [9.17, 15) is 14.0 Å². The van der Waals surface area contributed by atoms with Crippen LogP contribution in [0.25, 0.3) is 0 Å². The first-order valence-electron chi connectivity index (χ1n) is 10.9. The zero-order valence-corrected chi connectivity index (χ0v) is 19.3. The van der Waals surface area contributed by atoms with E-state index in [-0.39, 0.29) is 16.8 Å². The number of hydrogen-bond donors (Lipinski definition) is 2. The van der Waals surface area contributed by atoms with Crippen LogP contribution in [-0.4, -0.2) is 15.8 Å². The molecule has 1 unspecified atom stereocenters. The van der Waals surface area contributed by atoms with Crippen LogP contribution in [0.4, 0.5) is 10.2 Å². The number of aromatic nitrogens is 2. The Hall–Kier alpha value is -3.19. The Morgan fingerprint density at radius 1 is 1.09 bits per heavy atom. The second kappa shape index (κ2) is 8.30. The molecule has 1 atom stereocenters. The van der Waals surface area contributed by atoms with Crippen molar-refractivity contribution < 1.29 is 9.18 Å². The number of hydrogen-bond acceptors (Lipinski definition) is 5. The van der Waals surface area contributed by atoms with E-state index < -0.39 is 11.7 Å². The summed E-state index contributed by atoms with van der Waals surface area (Å²) in [6, 6.07) is 16.1. The Balaban J connectivity index is 1.60. The molecule has 1 aliphatic heterocycles. The highest BCUT2D eigenvalue weighted by atomic mass is 32.2. The molecule has 1 aromatic heterocycles. The second-order valence-corrected chi connectivity index (χ2v) is 10.3. The number of H-pyrrole nitrogens is 1. The summed E-state index contributed by atoms with van der Waals surface area (Å²) in [4.78, 5) is 34.1. The summed E-state index contributed by atoms with van der Waals surface area (Å²) >= 11 is 1.44. The van der Waals surface area contributed by atoms with Crippen molar-refractivity contribution in [2.45, 2.75) is 43.5 Å². The third-order valence-electron chi connectivity index (χ3n) is 6.10. The zero-order chi connectivity index (χ0) is 23.2. The summed E-state index contributed by atoms with van der Waals surface area (Å²) in [5, 5.41) is 3.80. The average molecular weight is 462 g/mol. The van der Waals surface area contributed by atoms with Crippen LogP contribution in [0.1, 0.15) is 49.3 Å². The number of Topliss-reactive ketones (excluding diaryl/α,β-unsaturated/α-hetero) is 1. The number of nitrogens with zero attached hydrogens (tertiary/aromatic N) is 1. The molecule has 1 aliphatic carbocycles. The molecule has 168 valence electrons. The minimum Gasteiger partial charge on any atom is -0.343 e. The van der Waals surface area contributed by atoms with Gasteiger partial charge in [0.1, 0.15) is 11.6 Å². The smallest absolute Gasteiger partial charge is 0.257 e. The molecule has 0 saturated heterocycles. The van der Waals surface area contributed by atoms with Crippen molar-refractivity contribution >= 4 is 23.4 Å². The third-order valence-corrected chi connectivity index (χ3v) is 7.05. The molecule has 2 aromatic carbocycles. The molecular formula is C26H24FN3O2S. The Morgan fingerprint density at radius 2 is 1.88 bits per heavy atom. The van der Waals surface area contributed by atoms with E-state index in [0.717, 1.165) is 11.3 Å². The molecule has 0 fully saturated rings. The highest BCUT2D eigenvalue weighted by molar-refractivity contribution is 7.98. The minimum absolute atomic E-state index is 0.0180. The fourth-order valence-electron chi connectivity index (χ4n) is 4.71. The normalized spacial score (nSPS) is 19.0. The summed E-state index contributed by atoms with van der Waals surface area (Å²) in [6.45, 7) is 4.10. The summed E-state index contributed by atoms with van der Waals surface area (Å²) in [5.41, 5.74) is 2.85. The van der Waals surface area contributed by atoms with E-state index in [1.807, 2.05) is 30.3 Å². The van der Waals surface area contributed by atoms with Crippen LogP contribution in [-0.2, 0) is 10.5 Å². The molecule has 2 N–H and O–H groups in total. The summed E-state index contributed by atoms with van der Waals surface area (Å²) in [6.07, 6.45) is 1.03. The topological polar surface area (TPSA) is 74.8 Å². The molecule has 0 spiro atoms. The van der Waals surface area contributed by atoms with Gasteiger partial charge >= 0.3 is 0 Å². The number of thioether (sulfide) groups is 1. The number of halogens is 1. The molecule has 33 heavy (non-hydrogen) atoms. The standard InChI is InChI=1S/C26H24FN3O2S/c1-26(2)12-18-21(19(31)13-26)20(16-9-6-10-17(27)11-16)22-23(28-18)29-25(30-24(22)32)33-14-15-7-4-3-5-8-15/h3-11,20H,12-14H2,1-2H3,(H2,28,29,30,32). The maximum absolute atomic E-state index is 14.1. The van der Waals surface area contributed by atoms with Crippen LogP contribution in [0.2, 0.25) is 0 Å². The van der Waals surface area contributed by atoms with Crippen LogP contribution in [0.3, 0.4) is 0 Å². The summed E-state index contributed by atoms with van der Waals surface area (Å²) < 4.78 is 14.1. The van der Waals surface area contributed by atoms with Crippen LogP contribution >= 0.6 is 11.8 Å². The first kappa shape index (κ1) is 21.6. The molecule has 7 heteroatoms. The summed E-state index contributed by atoms with van der Waals surface area (Å²) in [5.74, 6) is 0.0242. The highest BCUT2D eigenvalue weighted by Gasteiger charge is 2.42. The largest absolute Gasteiger partial charge is 0.343 e. The molecule has 3 aromatic rings. The molecule has 0 saturated carbocycles. The van der Waals surface area contributed by atoms with E-state index in [0.29, 0.717) is 46.3 Å². The lowest BCUT2D eigenvalue weighted by Crippen LogP contribution is -2.37. The van der Waals surface area contributed by atoms with E-state index in [1.54, 1.807) is 12.1 Å². The van der Waals surface area contributed by atoms with Gasteiger partial charge in [-0.05, 0) is 35.1 Å². The number of benzene rings is 2. The van der Waals surface area contributed by atoms with E-state index in [2.05, 4.69) is 24.1 Å². The molecule has 2 aliphatic rings. The van der Waals surface area contributed by atoms with Gasteiger partial charge in [-0.25, -0.2) is 9.37 Å². The highest BCUT2D eigenvalue weighted by Crippen LogP contribution is 2.47. The molecule has 0 amide bonds. The lowest BCUT2D eigenvalue weighted by atomic mass is 9.69. The minimum atomic E-state index is -0.653. The van der Waals surface area contributed by atoms with Crippen LogP contribution in [0.5, 0.6) is 0 Å². The SMILES string of the molecule is CC1(C)CC(=O)C2=C(C1)Nc1nc(SCc3ccccc3)[nH]c(=O)c1C2c1cccc(F)c1. The van der Waals surface area contributed by atoms with E-state index in [1.165, 1.54) is 23.9 Å². The van der Waals surface area contributed by atoms with Gasteiger partial charge in [-0.15, -0.1) is 0 Å². The van der Waals surface area contributed by atoms with E-state index >= 15 is 0 Å². The van der Waals surface area contributed by atoms with Crippen molar-refractivity contribution in [2.75, 3.05) is 5.32 Å². The summed E-state index contributed by atoms with van der Waals surface area (Å²) in [7, 11) is 0. The molecule has 2 heterocycles. The fraction of sp³-hybridized carbons (Fsp3) is 0.269. The van der Waals surface area contributed by atoms with Crippen molar-refractivity contribution in [2.24, 2.45) is 5.41 Å². The van der Waals surface area contributed by atoms with Crippen LogP contribution in [0.15, 0.2) is 75.8 Å². The van der Waals surface area contributed by atoms with Crippen molar-refractivity contribution in [3.05, 3.63) is 98.7 Å². The van der Waals surface area contributed by atoms with Gasteiger partial charge in [0.25, 0.3) is 5.56 Å². The van der Waals surface area contributed by atoms with Crippen LogP contribution in [0, 0.1) is 11.2 Å². The number of fused-ring (bicyclic) bond motifs is 1. The van der Waals surface area contributed by atoms with Crippen molar-refractivity contribution in [3.63, 3.8) is 0 Å². The maximum atomic E-state index is 14.1. The monoisotopic (exact) mass is 461 g/mol. The predicted molar refractivity (Wildman–Crippen MR) is 128 cm³/mol. The zero-order valence-electron chi connectivity index (χ0n) is 18.4. The van der Waals surface area contributed by atoms with Gasteiger partial charge < -0.3 is 10.3 Å². The van der Waals surface area contributed by atoms with Gasteiger partial charge in [0.15, 0.2) is 10.9 Å². The molecular weight excluding hydrogens is 437 g/mol. The lowest BCUT2D eigenvalue weighted by molar-refractivity contribution is -0.118. The second-order valence-electron chi connectivity index (χ2n) is 9.35. The molecule has 5 nitrogen and oxygen atoms in total. The predicted octanol–water partition coefficient (Wildman–Crippen LogP) is 5.40. The van der Waals surface area contributed by atoms with Crippen molar-refractivity contribution in [1.82, 2.24) is 9.97 Å². The van der Waals surface area contributed by atoms with Crippen molar-refractivity contribution in [3.8, 4) is 0 Å². The van der Waals surface area contributed by atoms with Crippen LogP contribution < -0.4 is 10.9 Å². The van der Waals surface area contributed by atoms with Gasteiger partial charge in [0.2, 0.25) is 0 Å². The number of carbonyl (C=O) groups excluding carboxylic acids is 1. The quantitative estimate of drug-likeness (QED) is 0.402. The number of allylic oxidation sites excluding steroid dienone is 2. The van der Waals surface area contributed by atoms with Gasteiger partial charge in [-0.3, -0.25) is 9.59 Å². The number of rotatable bonds is 4. The number of carbonyl (C=O) groups is 1. The van der Waals surface area contributed by atoms with Gasteiger partial charge in [0, 0.05) is 29.4 Å². The Morgan fingerprint density at radius 3 is 2.64 bits per heavy atom. The Bertz CT molecular complexity index is 1330. The first-order valence-corrected chi connectivity index (χ1v) is 11.9. The lowest BCUT2D eigenvalue weighted by Gasteiger charge is -2.38. The first-order chi connectivity index (χ1) is 15.8. The number of aromatic amines is 1. The number of nitrogens with one attached hydrogen (secondary N) is 2. The van der Waals surface area contributed by atoms with Gasteiger partial charge in [-0.2, -0.15) is 0 Å².